The van der Waals surface area contributed by atoms with E-state index in [0.717, 1.165) is 63.2 Å². The summed E-state index contributed by atoms with van der Waals surface area (Å²) in [6, 6.07) is 62.2. The highest BCUT2D eigenvalue weighted by Gasteiger charge is 2.19. The van der Waals surface area contributed by atoms with Crippen LogP contribution in [0.1, 0.15) is 116 Å². The molecule has 0 saturated heterocycles. The number of rotatable bonds is 29. The molecule has 0 aromatic heterocycles. The fraction of sp³-hybridized carbons (Fsp3) is 0.168. The van der Waals surface area contributed by atoms with E-state index in [1.165, 1.54) is 152 Å². The fourth-order valence-corrected chi connectivity index (χ4v) is 10.8. The second kappa shape index (κ2) is 68.5. The van der Waals surface area contributed by atoms with Crippen molar-refractivity contribution in [2.24, 2.45) is 57.3 Å². The van der Waals surface area contributed by atoms with Gasteiger partial charge < -0.3 is 83.5 Å². The zero-order valence-electron chi connectivity index (χ0n) is 76.3. The number of benzene rings is 12. The lowest BCUT2D eigenvalue weighted by molar-refractivity contribution is -0.121. The van der Waals surface area contributed by atoms with Gasteiger partial charge in [0.15, 0.2) is 0 Å². The van der Waals surface area contributed by atoms with E-state index in [0.29, 0.717) is 59.6 Å². The highest BCUT2D eigenvalue weighted by molar-refractivity contribution is 6.30. The van der Waals surface area contributed by atoms with E-state index in [1.54, 1.807) is 118 Å². The molecule has 0 aliphatic carbocycles. The zero-order valence-corrected chi connectivity index (χ0v) is 77.1. The Morgan fingerprint density at radius 1 is 0.296 bits per heavy atom. The van der Waals surface area contributed by atoms with Gasteiger partial charge in [0.2, 0.25) is 72.4 Å². The summed E-state index contributed by atoms with van der Waals surface area (Å²) in [6.45, 7) is 5.22. The lowest BCUT2D eigenvalue weighted by Gasteiger charge is -2.09. The van der Waals surface area contributed by atoms with Crippen LogP contribution in [0.2, 0.25) is 5.02 Å². The molecule has 0 aliphatic heterocycles. The van der Waals surface area contributed by atoms with E-state index in [9.17, 15) is 115 Å². The molecule has 0 fully saturated rings. The maximum absolute atomic E-state index is 12.8. The number of hydrogen-bond acceptors (Lipinski definition) is 15. The molecule has 756 valence electrons. The molecule has 0 spiro atoms. The topological polar surface area (TPSA) is 542 Å². The third-order valence-corrected chi connectivity index (χ3v) is 18.5. The molecule has 142 heavy (non-hydrogen) atoms. The normalized spacial score (nSPS) is 10.8. The first kappa shape index (κ1) is 124. The molecular weight excluding hydrogens is 1900 g/mol. The van der Waals surface area contributed by atoms with Crippen molar-refractivity contribution in [3.63, 3.8) is 0 Å². The van der Waals surface area contributed by atoms with Crippen LogP contribution in [0, 0.1) is 82.5 Å². The Hall–Kier alpha value is -16.5. The van der Waals surface area contributed by atoms with E-state index in [4.69, 9.17) is 79.2 Å². The second-order valence-electron chi connectivity index (χ2n) is 29.3. The quantitative estimate of drug-likeness (QED) is 0.0153. The maximum atomic E-state index is 12.8. The summed E-state index contributed by atoms with van der Waals surface area (Å²) in [5.74, 6) is -12.2. The van der Waals surface area contributed by atoms with E-state index in [1.807, 2.05) is 0 Å². The molecule has 12 amide bonds. The van der Waals surface area contributed by atoms with Gasteiger partial charge in [-0.05, 0) is 215 Å². The Kier molecular flexibility index (Phi) is 59.6. The number of amides is 12. The van der Waals surface area contributed by atoms with Crippen LogP contribution in [0.15, 0.2) is 273 Å². The maximum Gasteiger partial charge on any atom is 0.238 e. The third-order valence-electron chi connectivity index (χ3n) is 18.3. The molecule has 0 aliphatic rings. The number of carbonyl (C=O) groups excluding carboxylic acids is 12. The van der Waals surface area contributed by atoms with Gasteiger partial charge in [0, 0.05) is 42.4 Å². The van der Waals surface area contributed by atoms with Crippen LogP contribution >= 0.6 is 11.6 Å². The van der Waals surface area contributed by atoms with Crippen LogP contribution < -0.4 is 73.3 Å². The van der Waals surface area contributed by atoms with Gasteiger partial charge in [-0.2, -0.15) is 0 Å². The van der Waals surface area contributed by atoms with Gasteiger partial charge in [-0.25, -0.2) is 57.1 Å². The minimum Gasteiger partial charge on any atom is -0.395 e. The molecular formula is C101H105ClF13N13O14. The zero-order chi connectivity index (χ0) is 107. The molecule has 0 radical (unpaired) electrons. The minimum atomic E-state index is -0.856. The summed E-state index contributed by atoms with van der Waals surface area (Å²) in [4.78, 5) is 125. The average Bonchev–Trinajstić information content (AvgIpc) is 0.863. The summed E-state index contributed by atoms with van der Waals surface area (Å²) in [5.41, 5.74) is 58.3. The van der Waals surface area contributed by atoms with Crippen molar-refractivity contribution in [3.8, 4) is 0 Å². The van der Waals surface area contributed by atoms with Crippen LogP contribution in [0.3, 0.4) is 0 Å². The van der Waals surface area contributed by atoms with Gasteiger partial charge in [0.1, 0.15) is 81.7 Å². The molecule has 0 saturated carbocycles. The van der Waals surface area contributed by atoms with Crippen LogP contribution in [-0.2, 0) is 103 Å². The average molecular weight is 2010 g/mol. The molecule has 12 rings (SSSR count). The first-order valence-corrected chi connectivity index (χ1v) is 41.9. The highest BCUT2D eigenvalue weighted by Crippen LogP contribution is 2.21. The molecule has 41 heteroatoms. The summed E-state index contributed by atoms with van der Waals surface area (Å²) >= 11 is 5.63. The SMILES string of the molecule is CC(C(N)=O)c1ccc(F)cc1.C[C@@H](C(N)=O)c1ccc(F)cc1.Cc1cc(CC(N)=O)ccc1F.NC(=O)C(CO)c1ccc(F)cc1.NC(=O)Cc1ccc(Cl)cc1.NC(=O)Cc1ccc(F)cc1.NC(=O)Cc1ccc(F)cc1F.NC(=O)[C@H](CO)c1ccc(F)cc1.NC(=O)[C@H](N)c1ccc(F)cc1.O=CNCc1ccc(F)cc1.O=CNCc1ccc(F)cc1F.O=CNCc1cccc(F)c1. The van der Waals surface area contributed by atoms with Crippen molar-refractivity contribution in [2.75, 3.05) is 13.2 Å². The predicted octanol–water partition coefficient (Wildman–Crippen LogP) is 11.6. The Balaban J connectivity index is 0.000000775. The monoisotopic (exact) mass is 2010 g/mol. The summed E-state index contributed by atoms with van der Waals surface area (Å²) < 4.78 is 162. The number of carbonyl (C=O) groups is 12. The molecule has 5 atom stereocenters. The van der Waals surface area contributed by atoms with Crippen molar-refractivity contribution >= 4 is 84.0 Å². The fourth-order valence-electron chi connectivity index (χ4n) is 10.6. The van der Waals surface area contributed by atoms with Gasteiger partial charge in [0.25, 0.3) is 0 Å². The number of aliphatic hydroxyl groups is 2. The number of aryl methyl sites for hydroxylation is 1. The van der Waals surface area contributed by atoms with Gasteiger partial charge in [0.05, 0.1) is 62.6 Å². The van der Waals surface area contributed by atoms with Gasteiger partial charge in [-0.15, -0.1) is 0 Å². The molecule has 2 unspecified atom stereocenters. The number of aliphatic hydroxyl groups excluding tert-OH is 2. The lowest BCUT2D eigenvalue weighted by atomic mass is 10.00. The smallest absolute Gasteiger partial charge is 0.238 e. The van der Waals surface area contributed by atoms with Gasteiger partial charge in [-0.3, -0.25) is 57.5 Å². The van der Waals surface area contributed by atoms with E-state index < -0.39 is 88.4 Å². The van der Waals surface area contributed by atoms with Gasteiger partial charge >= 0.3 is 0 Å². The highest BCUT2D eigenvalue weighted by atomic mass is 35.5. The Bertz CT molecular complexity index is 5660. The molecule has 27 nitrogen and oxygen atoms in total. The first-order chi connectivity index (χ1) is 67.1. The van der Waals surface area contributed by atoms with E-state index in [2.05, 4.69) is 16.0 Å². The van der Waals surface area contributed by atoms with Gasteiger partial charge in [-0.1, -0.05) is 145 Å². The molecule has 0 bridgehead atoms. The first-order valence-electron chi connectivity index (χ1n) is 41.5. The third kappa shape index (κ3) is 54.5. The van der Waals surface area contributed by atoms with Crippen LogP contribution in [0.4, 0.5) is 57.1 Å². The van der Waals surface area contributed by atoms with Crippen LogP contribution in [0.25, 0.3) is 0 Å². The number of hydrogen-bond donors (Lipinski definition) is 15. The Labute approximate surface area is 813 Å². The molecule has 25 N–H and O–H groups in total. The molecule has 0 heterocycles. The van der Waals surface area contributed by atoms with Crippen molar-refractivity contribution < 1.29 is 125 Å². The lowest BCUT2D eigenvalue weighted by Crippen LogP contribution is -2.28. The van der Waals surface area contributed by atoms with Crippen molar-refractivity contribution in [1.82, 2.24) is 16.0 Å². The van der Waals surface area contributed by atoms with Crippen molar-refractivity contribution in [3.05, 3.63) is 426 Å². The molecule has 12 aromatic carbocycles. The standard InChI is InChI=1S/2C9H10FNO2.3C9H10FNO.C8H8ClNO.2C8H7F2NO.C8H9FN2O.3C8H8FNO/c2*10-7-3-1-6(2-4-7)8(5-12)9(11)13;2*1-6(9(11)12)7-2-4-8(10)5-3-7;1-6-4-7(5-9(11)12)2-3-8(6)10;9-7-3-1-6(2-4-7)5-8(10)11;9-7-2-1-6(4-11-5-12)8(10)3-7;9-6-2-1-5(3-8(11)12)7(10)4-6;9-6-3-1-5(2-4-6)7(10)8(11)12;9-8-3-1-7(2-4-8)5-10-6-11;9-7-3-1-6(2-4-7)5-8(10)11;9-8-3-1-2-7(4-8)5-10-6-11/h2*1-4,8,12H,5H2,(H2,11,13);2*2-6H,1H3,(H2,11,12);2-4H,5H2,1H3,(H2,11,12);1-4H,5H2,(H2,10,11);1-3,5H,4H2,(H,11,12);1-2,4H,3H2,(H2,11,12);1-4,7H,10H2,(H2,11,12);1-4,6H,5H2,(H,10,11);1-4H,5H2,(H2,10,11);1-4,6H,5H2,(H,10,11)/t8-;;6-;;;;;;7-;;;/m1.1.....1.../s1. The van der Waals surface area contributed by atoms with Crippen molar-refractivity contribution in [1.29, 1.82) is 0 Å². The number of nitrogens with one attached hydrogen (secondary N) is 3. The number of halogens is 14. The largest absolute Gasteiger partial charge is 0.395 e. The second-order valence-corrected chi connectivity index (χ2v) is 29.7. The minimum absolute atomic E-state index is 0.0790. The summed E-state index contributed by atoms with van der Waals surface area (Å²) in [5, 5.41) is 25.5. The summed E-state index contributed by atoms with van der Waals surface area (Å²) in [7, 11) is 0. The Morgan fingerprint density at radius 2 is 0.585 bits per heavy atom. The van der Waals surface area contributed by atoms with Crippen LogP contribution in [-0.4, -0.2) is 95.8 Å². The van der Waals surface area contributed by atoms with Crippen LogP contribution in [0.5, 0.6) is 0 Å². The number of primary amides is 9. The number of nitrogens with two attached hydrogens (primary N) is 10. The molecule has 12 aromatic rings. The Morgan fingerprint density at radius 3 is 0.894 bits per heavy atom. The van der Waals surface area contributed by atoms with Crippen molar-refractivity contribution in [2.45, 2.75) is 95.8 Å². The van der Waals surface area contributed by atoms with E-state index in [-0.39, 0.29) is 127 Å². The predicted molar refractivity (Wildman–Crippen MR) is 506 cm³/mol. The van der Waals surface area contributed by atoms with E-state index >= 15 is 0 Å². The summed E-state index contributed by atoms with van der Waals surface area (Å²) in [6.07, 6.45) is 2.07.